The van der Waals surface area contributed by atoms with E-state index in [-0.39, 0.29) is 6.10 Å². The van der Waals surface area contributed by atoms with E-state index >= 15 is 0 Å². The average Bonchev–Trinajstić information content (AvgIpc) is 2.55. The zero-order valence-corrected chi connectivity index (χ0v) is 8.30. The van der Waals surface area contributed by atoms with Crippen molar-refractivity contribution in [1.82, 2.24) is 0 Å². The zero-order chi connectivity index (χ0) is 11.0. The highest BCUT2D eigenvalue weighted by molar-refractivity contribution is 5.74. The first-order chi connectivity index (χ1) is 7.08. The number of fused-ring (bicyclic) bond motifs is 1. The van der Waals surface area contributed by atoms with Crippen molar-refractivity contribution >= 4 is 5.97 Å². The van der Waals surface area contributed by atoms with Gasteiger partial charge in [-0.1, -0.05) is 6.07 Å². The summed E-state index contributed by atoms with van der Waals surface area (Å²) in [5, 5.41) is 18.0. The predicted molar refractivity (Wildman–Crippen MR) is 52.8 cm³/mol. The number of benzene rings is 1. The Bertz CT molecular complexity index is 400. The van der Waals surface area contributed by atoms with Crippen molar-refractivity contribution in [3.8, 4) is 5.75 Å². The Hall–Kier alpha value is -1.55. The number of hydrogen-bond acceptors (Lipinski definition) is 3. The normalized spacial score (nSPS) is 20.5. The molecule has 2 rings (SSSR count). The third-order valence-corrected chi connectivity index (χ3v) is 2.47. The molecule has 4 nitrogen and oxygen atoms in total. The molecule has 0 spiro atoms. The number of rotatable bonds is 2. The van der Waals surface area contributed by atoms with E-state index in [1.165, 1.54) is 0 Å². The quantitative estimate of drug-likeness (QED) is 0.764. The van der Waals surface area contributed by atoms with Crippen LogP contribution in [-0.4, -0.2) is 22.3 Å². The fourth-order valence-corrected chi connectivity index (χ4v) is 1.75. The lowest BCUT2D eigenvalue weighted by Crippen LogP contribution is -2.10. The van der Waals surface area contributed by atoms with E-state index in [2.05, 4.69) is 0 Å². The molecule has 1 aromatic carbocycles. The standard InChI is InChI=1S/C11H12O4/c1-6-4-8-5-7(10(12)11(13)14)2-3-9(8)15-6/h2-3,5-6,10,12H,4H2,1H3,(H,13,14). The number of carbonyl (C=O) groups is 1. The van der Waals surface area contributed by atoms with E-state index in [1.807, 2.05) is 6.92 Å². The summed E-state index contributed by atoms with van der Waals surface area (Å²) < 4.78 is 5.47. The highest BCUT2D eigenvalue weighted by Gasteiger charge is 2.22. The molecule has 15 heavy (non-hydrogen) atoms. The molecule has 1 heterocycles. The Labute approximate surface area is 87.1 Å². The van der Waals surface area contributed by atoms with Gasteiger partial charge < -0.3 is 14.9 Å². The lowest BCUT2D eigenvalue weighted by Gasteiger charge is -2.07. The molecule has 0 radical (unpaired) electrons. The number of carboxylic acids is 1. The van der Waals surface area contributed by atoms with Crippen LogP contribution in [0.5, 0.6) is 5.75 Å². The van der Waals surface area contributed by atoms with Gasteiger partial charge >= 0.3 is 5.97 Å². The molecule has 2 atom stereocenters. The summed E-state index contributed by atoms with van der Waals surface area (Å²) in [6.07, 6.45) is -0.571. The SMILES string of the molecule is CC1Cc2cc(C(O)C(=O)O)ccc2O1. The molecule has 0 amide bonds. The zero-order valence-electron chi connectivity index (χ0n) is 8.30. The van der Waals surface area contributed by atoms with Gasteiger partial charge in [-0.05, 0) is 30.2 Å². The van der Waals surface area contributed by atoms with Gasteiger partial charge in [-0.2, -0.15) is 0 Å². The fraction of sp³-hybridized carbons (Fsp3) is 0.364. The van der Waals surface area contributed by atoms with Crippen molar-refractivity contribution in [3.63, 3.8) is 0 Å². The van der Waals surface area contributed by atoms with Gasteiger partial charge in [0, 0.05) is 6.42 Å². The second-order valence-electron chi connectivity index (χ2n) is 3.74. The number of aliphatic hydroxyl groups excluding tert-OH is 1. The third kappa shape index (κ3) is 1.80. The summed E-state index contributed by atoms with van der Waals surface area (Å²) in [4.78, 5) is 10.6. The molecule has 1 aliphatic heterocycles. The molecule has 0 bridgehead atoms. The summed E-state index contributed by atoms with van der Waals surface area (Å²) in [7, 11) is 0. The molecule has 2 N–H and O–H groups in total. The van der Waals surface area contributed by atoms with Gasteiger partial charge in [0.15, 0.2) is 6.10 Å². The lowest BCUT2D eigenvalue weighted by molar-refractivity contribution is -0.146. The first kappa shape index (κ1) is 9.98. The summed E-state index contributed by atoms with van der Waals surface area (Å²) in [5.41, 5.74) is 1.36. The summed E-state index contributed by atoms with van der Waals surface area (Å²) in [6, 6.07) is 4.98. The van der Waals surface area contributed by atoms with E-state index in [1.54, 1.807) is 18.2 Å². The molecule has 2 unspecified atom stereocenters. The topological polar surface area (TPSA) is 66.8 Å². The number of hydrogen-bond donors (Lipinski definition) is 2. The summed E-state index contributed by atoms with van der Waals surface area (Å²) in [6.45, 7) is 1.95. The fourth-order valence-electron chi connectivity index (χ4n) is 1.75. The highest BCUT2D eigenvalue weighted by atomic mass is 16.5. The van der Waals surface area contributed by atoms with E-state index in [4.69, 9.17) is 9.84 Å². The largest absolute Gasteiger partial charge is 0.490 e. The second kappa shape index (κ2) is 3.55. The van der Waals surface area contributed by atoms with Crippen LogP contribution in [0.3, 0.4) is 0 Å². The predicted octanol–water partition coefficient (Wildman–Crippen LogP) is 1.13. The maximum Gasteiger partial charge on any atom is 0.337 e. The minimum Gasteiger partial charge on any atom is -0.490 e. The maximum atomic E-state index is 10.6. The van der Waals surface area contributed by atoms with Crippen molar-refractivity contribution in [2.24, 2.45) is 0 Å². The van der Waals surface area contributed by atoms with Crippen LogP contribution >= 0.6 is 0 Å². The molecule has 0 fully saturated rings. The van der Waals surface area contributed by atoms with Gasteiger partial charge in [0.2, 0.25) is 0 Å². The molecule has 1 aromatic rings. The van der Waals surface area contributed by atoms with Crippen molar-refractivity contribution in [1.29, 1.82) is 0 Å². The number of aliphatic carboxylic acids is 1. The van der Waals surface area contributed by atoms with Crippen LogP contribution in [0.15, 0.2) is 18.2 Å². The summed E-state index contributed by atoms with van der Waals surface area (Å²) >= 11 is 0. The Kier molecular flexibility index (Phi) is 2.36. The Morgan fingerprint density at radius 2 is 2.33 bits per heavy atom. The van der Waals surface area contributed by atoms with Crippen molar-refractivity contribution in [3.05, 3.63) is 29.3 Å². The maximum absolute atomic E-state index is 10.6. The Balaban J connectivity index is 2.31. The molecular weight excluding hydrogens is 196 g/mol. The van der Waals surface area contributed by atoms with Crippen LogP contribution in [-0.2, 0) is 11.2 Å². The molecule has 0 aromatic heterocycles. The Morgan fingerprint density at radius 3 is 3.00 bits per heavy atom. The third-order valence-electron chi connectivity index (χ3n) is 2.47. The van der Waals surface area contributed by atoms with Crippen LogP contribution in [0.25, 0.3) is 0 Å². The lowest BCUT2D eigenvalue weighted by atomic mass is 10.0. The van der Waals surface area contributed by atoms with Gasteiger partial charge in [-0.15, -0.1) is 0 Å². The summed E-state index contributed by atoms with van der Waals surface area (Å²) in [5.74, 6) is -0.453. The van der Waals surface area contributed by atoms with E-state index in [9.17, 15) is 9.90 Å². The molecule has 4 heteroatoms. The van der Waals surface area contributed by atoms with Gasteiger partial charge in [0.25, 0.3) is 0 Å². The van der Waals surface area contributed by atoms with Crippen LogP contribution in [0.1, 0.15) is 24.2 Å². The molecular formula is C11H12O4. The van der Waals surface area contributed by atoms with Gasteiger partial charge in [0.05, 0.1) is 0 Å². The Morgan fingerprint density at radius 1 is 1.60 bits per heavy atom. The minimum absolute atomic E-state index is 0.122. The minimum atomic E-state index is -1.45. The van der Waals surface area contributed by atoms with Crippen molar-refractivity contribution < 1.29 is 19.7 Å². The number of ether oxygens (including phenoxy) is 1. The highest BCUT2D eigenvalue weighted by Crippen LogP contribution is 2.31. The van der Waals surface area contributed by atoms with E-state index in [0.717, 1.165) is 17.7 Å². The van der Waals surface area contributed by atoms with Crippen LogP contribution in [0.4, 0.5) is 0 Å². The monoisotopic (exact) mass is 208 g/mol. The first-order valence-electron chi connectivity index (χ1n) is 4.78. The average molecular weight is 208 g/mol. The van der Waals surface area contributed by atoms with Crippen LogP contribution in [0, 0.1) is 0 Å². The van der Waals surface area contributed by atoms with Crippen molar-refractivity contribution in [2.45, 2.75) is 25.6 Å². The molecule has 0 saturated carbocycles. The number of carboxylic acid groups (broad SMARTS) is 1. The van der Waals surface area contributed by atoms with Crippen LogP contribution < -0.4 is 4.74 Å². The van der Waals surface area contributed by atoms with Crippen LogP contribution in [0.2, 0.25) is 0 Å². The van der Waals surface area contributed by atoms with E-state index in [0.29, 0.717) is 5.56 Å². The molecule has 80 valence electrons. The smallest absolute Gasteiger partial charge is 0.337 e. The molecule has 1 aliphatic rings. The molecule has 0 saturated heterocycles. The number of aliphatic hydroxyl groups is 1. The van der Waals surface area contributed by atoms with Gasteiger partial charge in [-0.3, -0.25) is 0 Å². The second-order valence-corrected chi connectivity index (χ2v) is 3.74. The van der Waals surface area contributed by atoms with Gasteiger partial charge in [-0.25, -0.2) is 4.79 Å². The van der Waals surface area contributed by atoms with E-state index < -0.39 is 12.1 Å². The first-order valence-corrected chi connectivity index (χ1v) is 4.78. The van der Waals surface area contributed by atoms with Gasteiger partial charge in [0.1, 0.15) is 11.9 Å². The van der Waals surface area contributed by atoms with Crippen molar-refractivity contribution in [2.75, 3.05) is 0 Å². The molecule has 0 aliphatic carbocycles.